The van der Waals surface area contributed by atoms with Crippen LogP contribution in [0.2, 0.25) is 0 Å². The lowest BCUT2D eigenvalue weighted by Gasteiger charge is -2.23. The van der Waals surface area contributed by atoms with E-state index in [0.29, 0.717) is 0 Å². The van der Waals surface area contributed by atoms with Crippen LogP contribution >= 0.6 is 11.8 Å². The summed E-state index contributed by atoms with van der Waals surface area (Å²) in [7, 11) is 0. The molecule has 0 spiro atoms. The van der Waals surface area contributed by atoms with Gasteiger partial charge in [-0.15, -0.1) is 0 Å². The van der Waals surface area contributed by atoms with Crippen molar-refractivity contribution in [1.82, 2.24) is 4.90 Å². The Morgan fingerprint density at radius 1 is 1.26 bits per heavy atom. The Hall–Kier alpha value is -1.00. The molecule has 4 heteroatoms. The summed E-state index contributed by atoms with van der Waals surface area (Å²) in [6, 6.07) is 9.86. The van der Waals surface area contributed by atoms with E-state index in [4.69, 9.17) is 5.73 Å². The van der Waals surface area contributed by atoms with E-state index in [-0.39, 0.29) is 11.9 Å². The molecule has 19 heavy (non-hydrogen) atoms. The second-order valence-corrected chi connectivity index (χ2v) is 6.15. The van der Waals surface area contributed by atoms with Gasteiger partial charge in [-0.1, -0.05) is 30.3 Å². The monoisotopic (exact) mass is 278 g/mol. The molecule has 1 unspecified atom stereocenters. The molecule has 1 heterocycles. The Labute approximate surface area is 119 Å². The van der Waals surface area contributed by atoms with Crippen LogP contribution in [-0.4, -0.2) is 41.4 Å². The van der Waals surface area contributed by atoms with Crippen molar-refractivity contribution in [3.8, 4) is 0 Å². The molecule has 1 atom stereocenters. The number of nitrogens with two attached hydrogens (primary N) is 1. The second kappa shape index (κ2) is 7.56. The van der Waals surface area contributed by atoms with E-state index >= 15 is 0 Å². The summed E-state index contributed by atoms with van der Waals surface area (Å²) < 4.78 is 0. The number of hydrogen-bond donors (Lipinski definition) is 1. The molecule has 1 saturated heterocycles. The van der Waals surface area contributed by atoms with Gasteiger partial charge in [0.25, 0.3) is 0 Å². The molecular weight excluding hydrogens is 256 g/mol. The minimum Gasteiger partial charge on any atom is -0.340 e. The molecule has 1 fully saturated rings. The number of rotatable bonds is 4. The van der Waals surface area contributed by atoms with Crippen LogP contribution < -0.4 is 5.73 Å². The molecular formula is C15H22N2OS. The summed E-state index contributed by atoms with van der Waals surface area (Å²) in [5.74, 6) is 2.32. The third kappa shape index (κ3) is 4.55. The molecule has 3 nitrogen and oxygen atoms in total. The zero-order chi connectivity index (χ0) is 13.5. The number of thioether (sulfide) groups is 1. The summed E-state index contributed by atoms with van der Waals surface area (Å²) in [5.41, 5.74) is 7.30. The van der Waals surface area contributed by atoms with E-state index in [1.165, 1.54) is 5.56 Å². The van der Waals surface area contributed by atoms with Gasteiger partial charge in [-0.05, 0) is 30.6 Å². The summed E-state index contributed by atoms with van der Waals surface area (Å²) in [4.78, 5) is 14.2. The van der Waals surface area contributed by atoms with Crippen LogP contribution in [0.5, 0.6) is 0 Å². The lowest BCUT2D eigenvalue weighted by atomic mass is 10.0. The Kier molecular flexibility index (Phi) is 5.73. The van der Waals surface area contributed by atoms with Gasteiger partial charge in [-0.2, -0.15) is 11.8 Å². The lowest BCUT2D eigenvalue weighted by Crippen LogP contribution is -2.44. The van der Waals surface area contributed by atoms with Crippen molar-refractivity contribution >= 4 is 17.7 Å². The van der Waals surface area contributed by atoms with Crippen molar-refractivity contribution in [3.63, 3.8) is 0 Å². The predicted molar refractivity (Wildman–Crippen MR) is 81.3 cm³/mol. The number of hydrogen-bond acceptors (Lipinski definition) is 3. The number of carbonyl (C=O) groups excluding carboxylic acids is 1. The molecule has 0 bridgehead atoms. The standard InChI is InChI=1S/C15H22N2OS/c16-14(8-7-13-5-2-1-3-6-13)15(18)17-9-4-11-19-12-10-17/h1-3,5-6,14H,4,7-12,16H2. The first-order valence-electron chi connectivity index (χ1n) is 6.93. The average Bonchev–Trinajstić information content (AvgIpc) is 2.74. The zero-order valence-electron chi connectivity index (χ0n) is 11.3. The van der Waals surface area contributed by atoms with Crippen LogP contribution in [0.25, 0.3) is 0 Å². The molecule has 0 aromatic heterocycles. The second-order valence-electron chi connectivity index (χ2n) is 4.92. The van der Waals surface area contributed by atoms with Crippen LogP contribution in [0.15, 0.2) is 30.3 Å². The third-order valence-corrected chi connectivity index (χ3v) is 4.49. The van der Waals surface area contributed by atoms with Gasteiger partial charge in [0.05, 0.1) is 6.04 Å². The van der Waals surface area contributed by atoms with Gasteiger partial charge in [0.1, 0.15) is 0 Å². The highest BCUT2D eigenvalue weighted by Crippen LogP contribution is 2.12. The summed E-state index contributed by atoms with van der Waals surface area (Å²) in [6.07, 6.45) is 2.69. The van der Waals surface area contributed by atoms with E-state index in [2.05, 4.69) is 12.1 Å². The highest BCUT2D eigenvalue weighted by molar-refractivity contribution is 7.99. The van der Waals surface area contributed by atoms with Crippen molar-refractivity contribution in [2.45, 2.75) is 25.3 Å². The molecule has 1 amide bonds. The van der Waals surface area contributed by atoms with Crippen LogP contribution in [0.3, 0.4) is 0 Å². The highest BCUT2D eigenvalue weighted by Gasteiger charge is 2.21. The smallest absolute Gasteiger partial charge is 0.239 e. The summed E-state index contributed by atoms with van der Waals surface area (Å²) >= 11 is 1.92. The van der Waals surface area contributed by atoms with Crippen LogP contribution in [0.4, 0.5) is 0 Å². The van der Waals surface area contributed by atoms with Crippen molar-refractivity contribution in [1.29, 1.82) is 0 Å². The van der Waals surface area contributed by atoms with Crippen molar-refractivity contribution in [2.24, 2.45) is 5.73 Å². The van der Waals surface area contributed by atoms with Gasteiger partial charge in [0.2, 0.25) is 5.91 Å². The number of amides is 1. The molecule has 104 valence electrons. The molecule has 1 aromatic rings. The Bertz CT molecular complexity index is 388. The van der Waals surface area contributed by atoms with E-state index < -0.39 is 0 Å². The number of benzene rings is 1. The first-order valence-corrected chi connectivity index (χ1v) is 8.09. The van der Waals surface area contributed by atoms with E-state index in [1.54, 1.807) is 0 Å². The number of aryl methyl sites for hydroxylation is 1. The predicted octanol–water partition coefficient (Wildman–Crippen LogP) is 1.91. The molecule has 1 aliphatic heterocycles. The van der Waals surface area contributed by atoms with E-state index in [1.807, 2.05) is 34.9 Å². The first kappa shape index (κ1) is 14.4. The van der Waals surface area contributed by atoms with E-state index in [0.717, 1.165) is 43.9 Å². The minimum absolute atomic E-state index is 0.124. The van der Waals surface area contributed by atoms with Crippen molar-refractivity contribution in [2.75, 3.05) is 24.6 Å². The fourth-order valence-electron chi connectivity index (χ4n) is 2.29. The average molecular weight is 278 g/mol. The number of nitrogens with zero attached hydrogens (tertiary/aromatic N) is 1. The SMILES string of the molecule is NC(CCc1ccccc1)C(=O)N1CCCSCC1. The minimum atomic E-state index is -0.358. The maximum Gasteiger partial charge on any atom is 0.239 e. The molecule has 0 aliphatic carbocycles. The lowest BCUT2D eigenvalue weighted by molar-refractivity contribution is -0.132. The maximum absolute atomic E-state index is 12.3. The third-order valence-electron chi connectivity index (χ3n) is 3.44. The Morgan fingerprint density at radius 2 is 2.05 bits per heavy atom. The summed E-state index contributed by atoms with van der Waals surface area (Å²) in [6.45, 7) is 1.72. The van der Waals surface area contributed by atoms with Crippen LogP contribution in [0.1, 0.15) is 18.4 Å². The fraction of sp³-hybridized carbons (Fsp3) is 0.533. The zero-order valence-corrected chi connectivity index (χ0v) is 12.1. The maximum atomic E-state index is 12.3. The molecule has 2 rings (SSSR count). The van der Waals surface area contributed by atoms with Crippen molar-refractivity contribution < 1.29 is 4.79 Å². The molecule has 2 N–H and O–H groups in total. The van der Waals surface area contributed by atoms with Gasteiger partial charge in [0, 0.05) is 18.8 Å². The van der Waals surface area contributed by atoms with Crippen LogP contribution in [0, 0.1) is 0 Å². The van der Waals surface area contributed by atoms with Gasteiger partial charge in [-0.3, -0.25) is 4.79 Å². The van der Waals surface area contributed by atoms with Gasteiger partial charge >= 0.3 is 0 Å². The topological polar surface area (TPSA) is 46.3 Å². The van der Waals surface area contributed by atoms with Crippen LogP contribution in [-0.2, 0) is 11.2 Å². The molecule has 1 aliphatic rings. The fourth-order valence-corrected chi connectivity index (χ4v) is 3.18. The quantitative estimate of drug-likeness (QED) is 0.915. The van der Waals surface area contributed by atoms with Gasteiger partial charge in [0.15, 0.2) is 0 Å². The van der Waals surface area contributed by atoms with Gasteiger partial charge in [-0.25, -0.2) is 0 Å². The molecule has 1 aromatic carbocycles. The van der Waals surface area contributed by atoms with Crippen molar-refractivity contribution in [3.05, 3.63) is 35.9 Å². The number of carbonyl (C=O) groups is 1. The Balaban J connectivity index is 1.81. The highest BCUT2D eigenvalue weighted by atomic mass is 32.2. The normalized spacial score (nSPS) is 17.8. The first-order chi connectivity index (χ1) is 9.27. The molecule has 0 saturated carbocycles. The summed E-state index contributed by atoms with van der Waals surface area (Å²) in [5, 5.41) is 0. The Morgan fingerprint density at radius 3 is 2.84 bits per heavy atom. The largest absolute Gasteiger partial charge is 0.340 e. The molecule has 0 radical (unpaired) electrons. The van der Waals surface area contributed by atoms with Gasteiger partial charge < -0.3 is 10.6 Å². The van der Waals surface area contributed by atoms with E-state index in [9.17, 15) is 4.79 Å².